The van der Waals surface area contributed by atoms with E-state index in [0.29, 0.717) is 13.2 Å². The van der Waals surface area contributed by atoms with Gasteiger partial charge >= 0.3 is 0 Å². The zero-order valence-electron chi connectivity index (χ0n) is 19.3. The van der Waals surface area contributed by atoms with Gasteiger partial charge in [-0.2, -0.15) is 0 Å². The van der Waals surface area contributed by atoms with E-state index in [1.165, 1.54) is 11.1 Å². The van der Waals surface area contributed by atoms with Gasteiger partial charge in [0.2, 0.25) is 0 Å². The molecular formula is C26H36N2O4. The van der Waals surface area contributed by atoms with Crippen molar-refractivity contribution in [2.45, 2.75) is 38.0 Å². The fraction of sp³-hybridized carbons (Fsp3) is 0.538. The lowest BCUT2D eigenvalue weighted by molar-refractivity contribution is -0.0325. The highest BCUT2D eigenvalue weighted by Gasteiger charge is 2.23. The van der Waals surface area contributed by atoms with Gasteiger partial charge in [-0.15, -0.1) is 0 Å². The van der Waals surface area contributed by atoms with E-state index in [0.717, 1.165) is 69.0 Å². The van der Waals surface area contributed by atoms with Crippen molar-refractivity contribution in [1.29, 1.82) is 0 Å². The second-order valence-corrected chi connectivity index (χ2v) is 8.82. The van der Waals surface area contributed by atoms with Crippen molar-refractivity contribution in [2.24, 2.45) is 0 Å². The maximum Gasteiger partial charge on any atom is 0.123 e. The number of fused-ring (bicyclic) bond motifs is 1. The molecule has 1 fully saturated rings. The molecule has 2 aliphatic rings. The van der Waals surface area contributed by atoms with Gasteiger partial charge in [0, 0.05) is 44.8 Å². The van der Waals surface area contributed by atoms with Crippen LogP contribution in [0.15, 0.2) is 42.5 Å². The largest absolute Gasteiger partial charge is 0.497 e. The van der Waals surface area contributed by atoms with Crippen LogP contribution in [0.2, 0.25) is 0 Å². The van der Waals surface area contributed by atoms with Crippen LogP contribution >= 0.6 is 0 Å². The number of piperazine rings is 1. The van der Waals surface area contributed by atoms with Crippen molar-refractivity contribution in [2.75, 3.05) is 53.6 Å². The zero-order valence-corrected chi connectivity index (χ0v) is 19.3. The van der Waals surface area contributed by atoms with Crippen molar-refractivity contribution >= 4 is 0 Å². The first-order valence-corrected chi connectivity index (χ1v) is 11.7. The summed E-state index contributed by atoms with van der Waals surface area (Å²) >= 11 is 0. The Morgan fingerprint density at radius 2 is 1.78 bits per heavy atom. The second kappa shape index (κ2) is 11.1. The molecule has 6 heteroatoms. The van der Waals surface area contributed by atoms with Crippen LogP contribution in [-0.4, -0.2) is 74.6 Å². The minimum atomic E-state index is -0.464. The fourth-order valence-electron chi connectivity index (χ4n) is 4.84. The predicted molar refractivity (Wildman–Crippen MR) is 125 cm³/mol. The molecule has 1 heterocycles. The van der Waals surface area contributed by atoms with E-state index in [9.17, 15) is 5.11 Å². The SMILES string of the molecule is COc1ccc(OC)c(CN2CCN(C[C@H](O)CO[C@@H]3CCCc4ccccc43)CC2)c1. The number of methoxy groups -OCH3 is 2. The molecule has 32 heavy (non-hydrogen) atoms. The van der Waals surface area contributed by atoms with Crippen molar-refractivity contribution < 1.29 is 19.3 Å². The number of ether oxygens (including phenoxy) is 3. The van der Waals surface area contributed by atoms with E-state index < -0.39 is 6.10 Å². The Morgan fingerprint density at radius 1 is 1.00 bits per heavy atom. The molecule has 174 valence electrons. The number of nitrogens with zero attached hydrogens (tertiary/aromatic N) is 2. The molecule has 0 unspecified atom stereocenters. The zero-order chi connectivity index (χ0) is 22.3. The Bertz CT molecular complexity index is 867. The van der Waals surface area contributed by atoms with Gasteiger partial charge in [0.1, 0.15) is 11.5 Å². The smallest absolute Gasteiger partial charge is 0.123 e. The molecular weight excluding hydrogens is 404 g/mol. The van der Waals surface area contributed by atoms with Gasteiger partial charge in [-0.1, -0.05) is 24.3 Å². The molecule has 2 atom stereocenters. The van der Waals surface area contributed by atoms with E-state index in [-0.39, 0.29) is 6.10 Å². The van der Waals surface area contributed by atoms with Crippen LogP contribution in [0.4, 0.5) is 0 Å². The number of rotatable bonds is 9. The van der Waals surface area contributed by atoms with Gasteiger partial charge in [-0.3, -0.25) is 9.80 Å². The lowest BCUT2D eigenvalue weighted by Crippen LogP contribution is -2.48. The predicted octanol–water partition coefficient (Wildman–Crippen LogP) is 3.28. The van der Waals surface area contributed by atoms with Crippen LogP contribution in [-0.2, 0) is 17.7 Å². The number of hydrogen-bond donors (Lipinski definition) is 1. The van der Waals surface area contributed by atoms with Crippen LogP contribution in [0.1, 0.15) is 35.6 Å². The highest BCUT2D eigenvalue weighted by atomic mass is 16.5. The Balaban J connectivity index is 1.22. The lowest BCUT2D eigenvalue weighted by Gasteiger charge is -2.36. The fourth-order valence-corrected chi connectivity index (χ4v) is 4.84. The normalized spacial score (nSPS) is 20.5. The first-order chi connectivity index (χ1) is 15.7. The van der Waals surface area contributed by atoms with Crippen molar-refractivity contribution in [3.63, 3.8) is 0 Å². The minimum Gasteiger partial charge on any atom is -0.497 e. The first kappa shape index (κ1) is 23.1. The summed E-state index contributed by atoms with van der Waals surface area (Å²) in [4.78, 5) is 4.76. The van der Waals surface area contributed by atoms with Crippen LogP contribution in [0, 0.1) is 0 Å². The summed E-state index contributed by atoms with van der Waals surface area (Å²) in [6.07, 6.45) is 2.97. The van der Waals surface area contributed by atoms with Crippen molar-refractivity contribution in [1.82, 2.24) is 9.80 Å². The van der Waals surface area contributed by atoms with E-state index >= 15 is 0 Å². The molecule has 1 aliphatic heterocycles. The van der Waals surface area contributed by atoms with E-state index in [4.69, 9.17) is 14.2 Å². The second-order valence-electron chi connectivity index (χ2n) is 8.82. The van der Waals surface area contributed by atoms with Crippen LogP contribution in [0.3, 0.4) is 0 Å². The molecule has 2 aromatic carbocycles. The number of hydrogen-bond acceptors (Lipinski definition) is 6. The average Bonchev–Trinajstić information content (AvgIpc) is 2.84. The molecule has 1 saturated heterocycles. The van der Waals surface area contributed by atoms with Gasteiger partial charge in [0.05, 0.1) is 33.0 Å². The maximum atomic E-state index is 10.6. The Hall–Kier alpha value is -2.12. The molecule has 0 spiro atoms. The molecule has 1 N–H and O–H groups in total. The molecule has 0 amide bonds. The Morgan fingerprint density at radius 3 is 2.56 bits per heavy atom. The van der Waals surface area contributed by atoms with E-state index in [1.807, 2.05) is 12.1 Å². The summed E-state index contributed by atoms with van der Waals surface area (Å²) in [6.45, 7) is 5.69. The average molecular weight is 441 g/mol. The van der Waals surface area contributed by atoms with Crippen molar-refractivity contribution in [3.05, 3.63) is 59.2 Å². The maximum absolute atomic E-state index is 10.6. The van der Waals surface area contributed by atoms with Crippen LogP contribution in [0.5, 0.6) is 11.5 Å². The quantitative estimate of drug-likeness (QED) is 0.646. The number of benzene rings is 2. The third-order valence-electron chi connectivity index (χ3n) is 6.62. The number of aryl methyl sites for hydroxylation is 1. The molecule has 2 aromatic rings. The summed E-state index contributed by atoms with van der Waals surface area (Å²) in [5.41, 5.74) is 3.83. The first-order valence-electron chi connectivity index (χ1n) is 11.7. The summed E-state index contributed by atoms with van der Waals surface area (Å²) < 4.78 is 17.0. The third-order valence-corrected chi connectivity index (χ3v) is 6.62. The molecule has 0 saturated carbocycles. The third kappa shape index (κ3) is 5.81. The Labute approximate surface area is 191 Å². The molecule has 1 aliphatic carbocycles. The molecule has 0 bridgehead atoms. The number of aliphatic hydroxyl groups is 1. The molecule has 0 radical (unpaired) electrons. The highest BCUT2D eigenvalue weighted by Crippen LogP contribution is 2.32. The van der Waals surface area contributed by atoms with Crippen LogP contribution < -0.4 is 9.47 Å². The Kier molecular flexibility index (Phi) is 8.03. The molecule has 4 rings (SSSR count). The summed E-state index contributed by atoms with van der Waals surface area (Å²) in [6, 6.07) is 14.5. The van der Waals surface area contributed by atoms with E-state index in [1.54, 1.807) is 14.2 Å². The molecule has 6 nitrogen and oxygen atoms in total. The standard InChI is InChI=1S/C26H36N2O4/c1-30-23-10-11-25(31-2)21(16-23)17-27-12-14-28(15-13-27)18-22(29)19-32-26-9-5-7-20-6-3-4-8-24(20)26/h3-4,6,8,10-11,16,22,26,29H,5,7,9,12-15,17-19H2,1-2H3/t22-,26+/m0/s1. The van der Waals surface area contributed by atoms with Gasteiger partial charge in [-0.25, -0.2) is 0 Å². The highest BCUT2D eigenvalue weighted by molar-refractivity contribution is 5.40. The lowest BCUT2D eigenvalue weighted by atomic mass is 9.89. The monoisotopic (exact) mass is 440 g/mol. The number of aliphatic hydroxyl groups excluding tert-OH is 1. The summed E-state index contributed by atoms with van der Waals surface area (Å²) in [7, 11) is 3.39. The number of β-amino-alcohol motifs (C(OH)–C–C–N with tert-alkyl or cyclic N) is 1. The van der Waals surface area contributed by atoms with Crippen LogP contribution in [0.25, 0.3) is 0 Å². The van der Waals surface area contributed by atoms with Gasteiger partial charge in [0.15, 0.2) is 0 Å². The van der Waals surface area contributed by atoms with E-state index in [2.05, 4.69) is 40.1 Å². The van der Waals surface area contributed by atoms with Gasteiger partial charge < -0.3 is 19.3 Å². The van der Waals surface area contributed by atoms with Gasteiger partial charge in [-0.05, 0) is 48.6 Å². The summed E-state index contributed by atoms with van der Waals surface area (Å²) in [5.74, 6) is 1.74. The molecule has 0 aromatic heterocycles. The minimum absolute atomic E-state index is 0.115. The van der Waals surface area contributed by atoms with Crippen molar-refractivity contribution in [3.8, 4) is 11.5 Å². The topological polar surface area (TPSA) is 54.4 Å². The summed E-state index contributed by atoms with van der Waals surface area (Å²) in [5, 5.41) is 10.6. The van der Waals surface area contributed by atoms with Gasteiger partial charge in [0.25, 0.3) is 0 Å².